The van der Waals surface area contributed by atoms with Crippen molar-refractivity contribution >= 4 is 5.82 Å². The summed E-state index contributed by atoms with van der Waals surface area (Å²) in [4.78, 5) is 6.61. The lowest BCUT2D eigenvalue weighted by atomic mass is 10.2. The van der Waals surface area contributed by atoms with Gasteiger partial charge < -0.3 is 14.7 Å². The molecule has 0 unspecified atom stereocenters. The number of likely N-dealkylation sites (N-methyl/N-ethyl adjacent to an activating group) is 1. The van der Waals surface area contributed by atoms with Crippen molar-refractivity contribution < 1.29 is 8.91 Å². The van der Waals surface area contributed by atoms with Gasteiger partial charge in [-0.2, -0.15) is 4.98 Å². The van der Waals surface area contributed by atoms with Gasteiger partial charge in [-0.15, -0.1) is 10.2 Å². The number of nitrogens with one attached hydrogen (secondary N) is 1. The van der Waals surface area contributed by atoms with Crippen LogP contribution in [0.2, 0.25) is 0 Å². The largest absolute Gasteiger partial charge is 0.367 e. The van der Waals surface area contributed by atoms with E-state index in [1.54, 1.807) is 18.2 Å². The van der Waals surface area contributed by atoms with Crippen molar-refractivity contribution in [3.8, 4) is 23.0 Å². The molecule has 0 saturated carbocycles. The van der Waals surface area contributed by atoms with Crippen molar-refractivity contribution in [3.05, 3.63) is 42.2 Å². The summed E-state index contributed by atoms with van der Waals surface area (Å²) in [5, 5.41) is 15.4. The molecule has 8 heteroatoms. The lowest BCUT2D eigenvalue weighted by molar-refractivity contribution is 0.316. The Balaban J connectivity index is 1.63. The van der Waals surface area contributed by atoms with Gasteiger partial charge in [-0.3, -0.25) is 0 Å². The number of nitrogens with zero attached hydrogens (tertiary/aromatic N) is 5. The Morgan fingerprint density at radius 2 is 1.81 bits per heavy atom. The molecule has 0 atom stereocenters. The third-order valence-electron chi connectivity index (χ3n) is 4.04. The van der Waals surface area contributed by atoms with Gasteiger partial charge in [0.05, 0.1) is 0 Å². The zero-order chi connectivity index (χ0) is 18.4. The third kappa shape index (κ3) is 4.40. The fourth-order valence-corrected chi connectivity index (χ4v) is 2.47. The Bertz CT molecular complexity index is 814. The van der Waals surface area contributed by atoms with Gasteiger partial charge in [-0.25, -0.2) is 4.39 Å². The minimum atomic E-state index is -0.313. The van der Waals surface area contributed by atoms with Gasteiger partial charge in [0.2, 0.25) is 5.82 Å². The summed E-state index contributed by atoms with van der Waals surface area (Å²) >= 11 is 0. The van der Waals surface area contributed by atoms with Crippen LogP contribution in [0.3, 0.4) is 0 Å². The summed E-state index contributed by atoms with van der Waals surface area (Å²) in [5.41, 5.74) is 1.16. The normalized spacial score (nSPS) is 11.1. The van der Waals surface area contributed by atoms with Crippen molar-refractivity contribution in [2.75, 3.05) is 31.5 Å². The first-order valence-electron chi connectivity index (χ1n) is 8.59. The van der Waals surface area contributed by atoms with Gasteiger partial charge >= 0.3 is 0 Å². The fourth-order valence-electron chi connectivity index (χ4n) is 2.47. The maximum atomic E-state index is 13.0. The Labute approximate surface area is 151 Å². The second kappa shape index (κ2) is 8.48. The Morgan fingerprint density at radius 3 is 2.46 bits per heavy atom. The first-order valence-corrected chi connectivity index (χ1v) is 8.59. The molecule has 2 aromatic heterocycles. The SMILES string of the molecule is CCN(CC)CCNc1ccc(-c2nc(-c3ccc(F)cc3)no2)nn1. The molecular weight excluding hydrogens is 335 g/mol. The Hall–Kier alpha value is -2.87. The van der Waals surface area contributed by atoms with Crippen molar-refractivity contribution in [1.29, 1.82) is 0 Å². The molecule has 1 N–H and O–H groups in total. The second-order valence-electron chi connectivity index (χ2n) is 5.69. The molecule has 0 bridgehead atoms. The number of rotatable bonds is 8. The van der Waals surface area contributed by atoms with Crippen molar-refractivity contribution in [3.63, 3.8) is 0 Å². The van der Waals surface area contributed by atoms with Crippen molar-refractivity contribution in [1.82, 2.24) is 25.2 Å². The zero-order valence-electron chi connectivity index (χ0n) is 14.8. The molecule has 0 aliphatic rings. The van der Waals surface area contributed by atoms with E-state index in [0.717, 1.165) is 26.2 Å². The first kappa shape index (κ1) is 17.9. The molecule has 3 rings (SSSR count). The van der Waals surface area contributed by atoms with E-state index in [9.17, 15) is 4.39 Å². The lowest BCUT2D eigenvalue weighted by Gasteiger charge is -2.17. The van der Waals surface area contributed by atoms with Crippen molar-refractivity contribution in [2.24, 2.45) is 0 Å². The van der Waals surface area contributed by atoms with Crippen LogP contribution in [-0.2, 0) is 0 Å². The molecule has 0 amide bonds. The summed E-state index contributed by atoms with van der Waals surface area (Å²) in [6, 6.07) is 9.49. The number of anilines is 1. The number of hydrogen-bond acceptors (Lipinski definition) is 7. The van der Waals surface area contributed by atoms with Gasteiger partial charge in [0.15, 0.2) is 5.69 Å². The number of benzene rings is 1. The Morgan fingerprint density at radius 1 is 1.04 bits per heavy atom. The quantitative estimate of drug-likeness (QED) is 0.664. The van der Waals surface area contributed by atoms with Crippen LogP contribution in [-0.4, -0.2) is 51.4 Å². The molecule has 0 saturated heterocycles. The average Bonchev–Trinajstić information content (AvgIpc) is 3.16. The Kier molecular flexibility index (Phi) is 5.85. The van der Waals surface area contributed by atoms with Crippen LogP contribution in [0.25, 0.3) is 23.0 Å². The molecule has 1 aromatic carbocycles. The number of hydrogen-bond donors (Lipinski definition) is 1. The van der Waals surface area contributed by atoms with E-state index in [-0.39, 0.29) is 11.7 Å². The maximum absolute atomic E-state index is 13.0. The number of aromatic nitrogens is 4. The van der Waals surface area contributed by atoms with Gasteiger partial charge in [-0.05, 0) is 49.5 Å². The molecule has 7 nitrogen and oxygen atoms in total. The standard InChI is InChI=1S/C18H21FN6O/c1-3-25(4-2)12-11-20-16-10-9-15(22-23-16)18-21-17(24-26-18)13-5-7-14(19)8-6-13/h5-10H,3-4,11-12H2,1-2H3,(H,20,23). The smallest absolute Gasteiger partial charge is 0.278 e. The monoisotopic (exact) mass is 356 g/mol. The van der Waals surface area contributed by atoms with Crippen LogP contribution in [0.1, 0.15) is 13.8 Å². The third-order valence-corrected chi connectivity index (χ3v) is 4.04. The van der Waals surface area contributed by atoms with E-state index in [1.807, 2.05) is 6.07 Å². The van der Waals surface area contributed by atoms with Crippen molar-refractivity contribution in [2.45, 2.75) is 13.8 Å². The van der Waals surface area contributed by atoms with E-state index in [2.05, 4.69) is 44.4 Å². The minimum Gasteiger partial charge on any atom is -0.367 e. The molecule has 26 heavy (non-hydrogen) atoms. The summed E-state index contributed by atoms with van der Waals surface area (Å²) < 4.78 is 18.2. The lowest BCUT2D eigenvalue weighted by Crippen LogP contribution is -2.28. The van der Waals surface area contributed by atoms with E-state index >= 15 is 0 Å². The van der Waals surface area contributed by atoms with E-state index < -0.39 is 0 Å². The molecule has 0 fully saturated rings. The topological polar surface area (TPSA) is 80.0 Å². The molecule has 0 aliphatic heterocycles. The van der Waals surface area contributed by atoms with Gasteiger partial charge in [0.25, 0.3) is 5.89 Å². The van der Waals surface area contributed by atoms with Crippen LogP contribution in [0.15, 0.2) is 40.9 Å². The molecule has 3 aromatic rings. The summed E-state index contributed by atoms with van der Waals surface area (Å²) in [7, 11) is 0. The highest BCUT2D eigenvalue weighted by Crippen LogP contribution is 2.21. The summed E-state index contributed by atoms with van der Waals surface area (Å²) in [6.07, 6.45) is 0. The second-order valence-corrected chi connectivity index (χ2v) is 5.69. The van der Waals surface area contributed by atoms with Crippen LogP contribution in [0, 0.1) is 5.82 Å². The zero-order valence-corrected chi connectivity index (χ0v) is 14.8. The highest BCUT2D eigenvalue weighted by atomic mass is 19.1. The maximum Gasteiger partial charge on any atom is 0.278 e. The molecule has 2 heterocycles. The molecule has 0 radical (unpaired) electrons. The average molecular weight is 356 g/mol. The first-order chi connectivity index (χ1) is 12.7. The minimum absolute atomic E-state index is 0.270. The predicted octanol–water partition coefficient (Wildman–Crippen LogP) is 3.09. The highest BCUT2D eigenvalue weighted by Gasteiger charge is 2.12. The van der Waals surface area contributed by atoms with E-state index in [0.29, 0.717) is 22.9 Å². The van der Waals surface area contributed by atoms with Crippen LogP contribution in [0.4, 0.5) is 10.2 Å². The van der Waals surface area contributed by atoms with Crippen LogP contribution < -0.4 is 5.32 Å². The van der Waals surface area contributed by atoms with Gasteiger partial charge in [-0.1, -0.05) is 19.0 Å². The van der Waals surface area contributed by atoms with E-state index in [4.69, 9.17) is 4.52 Å². The molecular formula is C18H21FN6O. The van der Waals surface area contributed by atoms with Crippen LogP contribution >= 0.6 is 0 Å². The van der Waals surface area contributed by atoms with E-state index in [1.165, 1.54) is 12.1 Å². The summed E-state index contributed by atoms with van der Waals surface area (Å²) in [6.45, 7) is 8.07. The molecule has 0 spiro atoms. The highest BCUT2D eigenvalue weighted by molar-refractivity contribution is 5.57. The summed E-state index contributed by atoms with van der Waals surface area (Å²) in [5.74, 6) is 1.03. The molecule has 0 aliphatic carbocycles. The molecule has 136 valence electrons. The van der Waals surface area contributed by atoms with Gasteiger partial charge in [0.1, 0.15) is 11.6 Å². The van der Waals surface area contributed by atoms with Gasteiger partial charge in [0, 0.05) is 18.7 Å². The predicted molar refractivity (Wildman–Crippen MR) is 97.0 cm³/mol. The fraction of sp³-hybridized carbons (Fsp3) is 0.333. The van der Waals surface area contributed by atoms with Crippen LogP contribution in [0.5, 0.6) is 0 Å². The number of halogens is 1.